The fourth-order valence-corrected chi connectivity index (χ4v) is 2.64. The van der Waals surface area contributed by atoms with Crippen LogP contribution in [0.1, 0.15) is 5.56 Å². The summed E-state index contributed by atoms with van der Waals surface area (Å²) in [6.45, 7) is 0.724. The van der Waals surface area contributed by atoms with Crippen molar-refractivity contribution in [3.05, 3.63) is 78.6 Å². The van der Waals surface area contributed by atoms with Crippen LogP contribution >= 0.6 is 0 Å². The third kappa shape index (κ3) is 2.81. The second-order valence-corrected chi connectivity index (χ2v) is 5.59. The second-order valence-electron chi connectivity index (χ2n) is 5.59. The van der Waals surface area contributed by atoms with Crippen LogP contribution in [0, 0.1) is 0 Å². The van der Waals surface area contributed by atoms with Crippen LogP contribution in [0.2, 0.25) is 0 Å². The summed E-state index contributed by atoms with van der Waals surface area (Å²) in [7, 11) is 1.92. The van der Waals surface area contributed by atoms with Gasteiger partial charge in [-0.15, -0.1) is 14.5 Å². The fourth-order valence-electron chi connectivity index (χ4n) is 2.64. The summed E-state index contributed by atoms with van der Waals surface area (Å²) in [6.07, 6.45) is 3.91. The van der Waals surface area contributed by atoms with Gasteiger partial charge in [0.2, 0.25) is 5.69 Å². The van der Waals surface area contributed by atoms with E-state index in [0.29, 0.717) is 0 Å². The van der Waals surface area contributed by atoms with Gasteiger partial charge in [-0.05, 0) is 17.7 Å². The molecule has 0 aliphatic rings. The van der Waals surface area contributed by atoms with Gasteiger partial charge in [0.15, 0.2) is 11.9 Å². The summed E-state index contributed by atoms with van der Waals surface area (Å²) in [5, 5.41) is 13.0. The van der Waals surface area contributed by atoms with E-state index in [2.05, 4.69) is 27.7 Å². The summed E-state index contributed by atoms with van der Waals surface area (Å²) in [6, 6.07) is 20.2. The molecule has 24 heavy (non-hydrogen) atoms. The molecule has 2 aromatic carbocycles. The molecule has 0 aliphatic heterocycles. The first-order valence-corrected chi connectivity index (χ1v) is 7.75. The van der Waals surface area contributed by atoms with Crippen molar-refractivity contribution in [3.8, 4) is 17.1 Å². The maximum atomic E-state index is 4.52. The zero-order chi connectivity index (χ0) is 16.4. The first kappa shape index (κ1) is 14.3. The highest BCUT2D eigenvalue weighted by Crippen LogP contribution is 2.15. The van der Waals surface area contributed by atoms with Gasteiger partial charge in [-0.2, -0.15) is 0 Å². The normalized spacial score (nSPS) is 10.9. The lowest BCUT2D eigenvalue weighted by molar-refractivity contribution is -0.747. The molecule has 0 unspecified atom stereocenters. The Labute approximate surface area is 139 Å². The lowest BCUT2D eigenvalue weighted by Crippen LogP contribution is -2.36. The number of aromatic nitrogens is 6. The van der Waals surface area contributed by atoms with Crippen LogP contribution in [0.4, 0.5) is 0 Å². The van der Waals surface area contributed by atoms with E-state index < -0.39 is 0 Å². The summed E-state index contributed by atoms with van der Waals surface area (Å²) < 4.78 is 5.50. The monoisotopic (exact) mass is 317 g/mol. The van der Waals surface area contributed by atoms with Gasteiger partial charge >= 0.3 is 0 Å². The largest absolute Gasteiger partial charge is 0.220 e. The number of hydrogen-bond acceptors (Lipinski definition) is 3. The summed E-state index contributed by atoms with van der Waals surface area (Å²) >= 11 is 0. The molecule has 0 bridgehead atoms. The minimum Gasteiger partial charge on any atom is -0.220 e. The Balaban J connectivity index is 1.62. The third-order valence-corrected chi connectivity index (χ3v) is 3.83. The van der Waals surface area contributed by atoms with Crippen LogP contribution < -0.4 is 4.68 Å². The first-order chi connectivity index (χ1) is 11.8. The van der Waals surface area contributed by atoms with Crippen molar-refractivity contribution in [2.24, 2.45) is 7.05 Å². The zero-order valence-corrected chi connectivity index (χ0v) is 13.3. The minimum atomic E-state index is 0.724. The predicted octanol–water partition coefficient (Wildman–Crippen LogP) is 2.00. The Hall–Kier alpha value is -3.28. The first-order valence-electron chi connectivity index (χ1n) is 7.75. The van der Waals surface area contributed by atoms with Crippen LogP contribution in [-0.2, 0) is 13.6 Å². The van der Waals surface area contributed by atoms with E-state index in [1.54, 1.807) is 4.68 Å². The standard InChI is InChI=1S/C18H17N6/c1-22-18(14-23(21-22)12-15-8-4-2-5-9-15)17-13-24(20-19-17)16-10-6-3-7-11-16/h2-11,13-14H,12H2,1H3/q+1. The lowest BCUT2D eigenvalue weighted by atomic mass is 10.2. The molecule has 2 heterocycles. The Morgan fingerprint density at radius 3 is 2.42 bits per heavy atom. The quantitative estimate of drug-likeness (QED) is 0.541. The molecule has 6 nitrogen and oxygen atoms in total. The smallest absolute Gasteiger partial charge is 0.219 e. The molecule has 0 aliphatic carbocycles. The van der Waals surface area contributed by atoms with Crippen LogP contribution in [0.5, 0.6) is 0 Å². The van der Waals surface area contributed by atoms with Crippen molar-refractivity contribution in [1.82, 2.24) is 24.9 Å². The highest BCUT2D eigenvalue weighted by Gasteiger charge is 2.18. The molecule has 118 valence electrons. The van der Waals surface area contributed by atoms with Crippen molar-refractivity contribution in [2.45, 2.75) is 6.54 Å². The molecule has 4 rings (SSSR count). The highest BCUT2D eigenvalue weighted by atomic mass is 15.5. The van der Waals surface area contributed by atoms with Gasteiger partial charge in [-0.3, -0.25) is 0 Å². The van der Waals surface area contributed by atoms with Gasteiger partial charge in [0.1, 0.15) is 13.6 Å². The molecule has 4 aromatic rings. The molecular formula is C18H17N6+. The van der Waals surface area contributed by atoms with Crippen LogP contribution in [0.3, 0.4) is 0 Å². The zero-order valence-electron chi connectivity index (χ0n) is 13.3. The Kier molecular flexibility index (Phi) is 3.63. The number of hydrogen-bond donors (Lipinski definition) is 0. The van der Waals surface area contributed by atoms with Gasteiger partial charge in [0.05, 0.1) is 17.1 Å². The van der Waals surface area contributed by atoms with E-state index >= 15 is 0 Å². The van der Waals surface area contributed by atoms with E-state index in [1.807, 2.05) is 77.3 Å². The second kappa shape index (κ2) is 6.08. The van der Waals surface area contributed by atoms with Crippen molar-refractivity contribution in [3.63, 3.8) is 0 Å². The SMILES string of the molecule is Cn1n[n+](Cc2ccccc2)cc1-c1cn(-c2ccccc2)nn1. The van der Waals surface area contributed by atoms with E-state index in [9.17, 15) is 0 Å². The molecule has 0 saturated heterocycles. The predicted molar refractivity (Wildman–Crippen MR) is 89.3 cm³/mol. The molecule has 0 spiro atoms. The molecule has 2 aromatic heterocycles. The van der Waals surface area contributed by atoms with Crippen LogP contribution in [-0.4, -0.2) is 24.9 Å². The van der Waals surface area contributed by atoms with E-state index in [-0.39, 0.29) is 0 Å². The molecule has 0 N–H and O–H groups in total. The molecule has 0 amide bonds. The number of aryl methyl sites for hydroxylation is 1. The number of nitrogens with zero attached hydrogens (tertiary/aromatic N) is 6. The van der Waals surface area contributed by atoms with Crippen molar-refractivity contribution < 1.29 is 4.68 Å². The Morgan fingerprint density at radius 2 is 1.67 bits per heavy atom. The summed E-state index contributed by atoms with van der Waals surface area (Å²) in [5.74, 6) is 0. The minimum absolute atomic E-state index is 0.724. The molecule has 0 radical (unpaired) electrons. The average molecular weight is 317 g/mol. The molecule has 0 saturated carbocycles. The average Bonchev–Trinajstić information content (AvgIpc) is 3.23. The van der Waals surface area contributed by atoms with E-state index in [0.717, 1.165) is 23.6 Å². The maximum Gasteiger partial charge on any atom is 0.219 e. The Morgan fingerprint density at radius 1 is 0.958 bits per heavy atom. The van der Waals surface area contributed by atoms with E-state index in [1.165, 1.54) is 5.56 Å². The van der Waals surface area contributed by atoms with E-state index in [4.69, 9.17) is 0 Å². The summed E-state index contributed by atoms with van der Waals surface area (Å²) in [4.78, 5) is 0. The van der Waals surface area contributed by atoms with Crippen LogP contribution in [0.15, 0.2) is 73.1 Å². The molecule has 0 fully saturated rings. The third-order valence-electron chi connectivity index (χ3n) is 3.83. The van der Waals surface area contributed by atoms with Gasteiger partial charge in [0, 0.05) is 0 Å². The maximum absolute atomic E-state index is 4.52. The lowest BCUT2D eigenvalue weighted by Gasteiger charge is -1.96. The number of para-hydroxylation sites is 1. The van der Waals surface area contributed by atoms with Crippen molar-refractivity contribution >= 4 is 0 Å². The van der Waals surface area contributed by atoms with Gasteiger partial charge in [-0.1, -0.05) is 53.7 Å². The number of rotatable bonds is 4. The Bertz CT molecular complexity index is 940. The van der Waals surface area contributed by atoms with Crippen molar-refractivity contribution in [1.29, 1.82) is 0 Å². The van der Waals surface area contributed by atoms with Gasteiger partial charge < -0.3 is 0 Å². The molecule has 6 heteroatoms. The van der Waals surface area contributed by atoms with Gasteiger partial charge in [-0.25, -0.2) is 4.68 Å². The fraction of sp³-hybridized carbons (Fsp3) is 0.111. The molecule has 0 atom stereocenters. The highest BCUT2D eigenvalue weighted by molar-refractivity contribution is 5.51. The summed E-state index contributed by atoms with van der Waals surface area (Å²) in [5.41, 5.74) is 3.91. The number of benzene rings is 2. The topological polar surface area (TPSA) is 52.4 Å². The van der Waals surface area contributed by atoms with Crippen LogP contribution in [0.25, 0.3) is 17.1 Å². The molecular weight excluding hydrogens is 300 g/mol. The van der Waals surface area contributed by atoms with Crippen molar-refractivity contribution in [2.75, 3.05) is 0 Å². The van der Waals surface area contributed by atoms with Gasteiger partial charge in [0.25, 0.3) is 0 Å².